The van der Waals surface area contributed by atoms with Crippen LogP contribution in [0.4, 0.5) is 11.4 Å². The maximum atomic E-state index is 12.1. The Kier molecular flexibility index (Phi) is 4.63. The molecule has 2 atom stereocenters. The Balaban J connectivity index is 2.07. The van der Waals surface area contributed by atoms with Crippen LogP contribution in [-0.4, -0.2) is 17.9 Å². The molecule has 5 nitrogen and oxygen atoms in total. The molecule has 4 N–H and O–H groups in total. The number of hydrogen-bond acceptors (Lipinski definition) is 3. The number of aryl methyl sites for hydroxylation is 1. The van der Waals surface area contributed by atoms with Crippen molar-refractivity contribution in [2.75, 3.05) is 10.6 Å². The third kappa shape index (κ3) is 4.04. The minimum absolute atomic E-state index is 0.0556. The maximum Gasteiger partial charge on any atom is 0.228 e. The second-order valence-electron chi connectivity index (χ2n) is 5.93. The standard InChI is InChI=1S/C16H23N3O2/c1-9-4-7-13(18-16(21)12-5-6-12)8-14(9)19-15(20)10(2)11(3)17/h4,7-8,10-12H,5-6,17H2,1-3H3,(H,18,21)(H,19,20). The van der Waals surface area contributed by atoms with Gasteiger partial charge in [-0.3, -0.25) is 9.59 Å². The van der Waals surface area contributed by atoms with Crippen LogP contribution in [0.25, 0.3) is 0 Å². The summed E-state index contributed by atoms with van der Waals surface area (Å²) in [6.45, 7) is 5.52. The van der Waals surface area contributed by atoms with Gasteiger partial charge in [0, 0.05) is 23.3 Å². The van der Waals surface area contributed by atoms with Crippen molar-refractivity contribution in [2.45, 2.75) is 39.7 Å². The molecule has 5 heteroatoms. The van der Waals surface area contributed by atoms with Gasteiger partial charge in [0.25, 0.3) is 0 Å². The number of amides is 2. The predicted octanol–water partition coefficient (Wildman–Crippen LogP) is 2.27. The van der Waals surface area contributed by atoms with Crippen LogP contribution in [0.1, 0.15) is 32.3 Å². The fourth-order valence-corrected chi connectivity index (χ4v) is 1.91. The fraction of sp³-hybridized carbons (Fsp3) is 0.500. The zero-order chi connectivity index (χ0) is 15.6. The summed E-state index contributed by atoms with van der Waals surface area (Å²) in [7, 11) is 0. The lowest BCUT2D eigenvalue weighted by Crippen LogP contribution is -2.34. The van der Waals surface area contributed by atoms with Crippen molar-refractivity contribution in [3.63, 3.8) is 0 Å². The fourth-order valence-electron chi connectivity index (χ4n) is 1.91. The average molecular weight is 289 g/mol. The van der Waals surface area contributed by atoms with Crippen molar-refractivity contribution in [1.29, 1.82) is 0 Å². The van der Waals surface area contributed by atoms with E-state index in [0.717, 1.165) is 18.4 Å². The van der Waals surface area contributed by atoms with Gasteiger partial charge in [0.1, 0.15) is 0 Å². The molecule has 2 rings (SSSR count). The van der Waals surface area contributed by atoms with Crippen LogP contribution >= 0.6 is 0 Å². The number of hydrogen-bond donors (Lipinski definition) is 3. The molecule has 0 aromatic heterocycles. The normalized spacial score (nSPS) is 17.0. The van der Waals surface area contributed by atoms with Crippen molar-refractivity contribution in [3.05, 3.63) is 23.8 Å². The first kappa shape index (κ1) is 15.5. The molecule has 1 aliphatic carbocycles. The Hall–Kier alpha value is -1.88. The molecule has 0 aliphatic heterocycles. The van der Waals surface area contributed by atoms with Crippen LogP contribution in [0.3, 0.4) is 0 Å². The first-order valence-electron chi connectivity index (χ1n) is 7.36. The van der Waals surface area contributed by atoms with Gasteiger partial charge in [-0.05, 0) is 44.4 Å². The molecule has 0 radical (unpaired) electrons. The Morgan fingerprint density at radius 3 is 2.48 bits per heavy atom. The monoisotopic (exact) mass is 289 g/mol. The van der Waals surface area contributed by atoms with E-state index in [4.69, 9.17) is 5.73 Å². The smallest absolute Gasteiger partial charge is 0.228 e. The Labute approximate surface area is 125 Å². The molecule has 21 heavy (non-hydrogen) atoms. The van der Waals surface area contributed by atoms with Gasteiger partial charge in [-0.1, -0.05) is 13.0 Å². The van der Waals surface area contributed by atoms with Crippen LogP contribution < -0.4 is 16.4 Å². The molecule has 1 fully saturated rings. The summed E-state index contributed by atoms with van der Waals surface area (Å²) >= 11 is 0. The zero-order valence-corrected chi connectivity index (χ0v) is 12.8. The van der Waals surface area contributed by atoms with E-state index < -0.39 is 0 Å². The Morgan fingerprint density at radius 1 is 1.24 bits per heavy atom. The van der Waals surface area contributed by atoms with Crippen LogP contribution in [-0.2, 0) is 9.59 Å². The SMILES string of the molecule is Cc1ccc(NC(=O)C2CC2)cc1NC(=O)C(C)C(C)N. The number of carbonyl (C=O) groups is 2. The lowest BCUT2D eigenvalue weighted by atomic mass is 10.0. The van der Waals surface area contributed by atoms with E-state index in [0.29, 0.717) is 11.4 Å². The highest BCUT2D eigenvalue weighted by Crippen LogP contribution is 2.30. The third-order valence-corrected chi connectivity index (χ3v) is 3.91. The second kappa shape index (κ2) is 6.26. The number of carbonyl (C=O) groups excluding carboxylic acids is 2. The number of nitrogens with one attached hydrogen (secondary N) is 2. The van der Waals surface area contributed by atoms with Gasteiger partial charge in [0.15, 0.2) is 0 Å². The summed E-state index contributed by atoms with van der Waals surface area (Å²) in [5.74, 6) is -0.171. The highest BCUT2D eigenvalue weighted by molar-refractivity contribution is 5.97. The van der Waals surface area contributed by atoms with Crippen molar-refractivity contribution >= 4 is 23.2 Å². The van der Waals surface area contributed by atoms with Crippen LogP contribution in [0.15, 0.2) is 18.2 Å². The van der Waals surface area contributed by atoms with E-state index in [2.05, 4.69) is 10.6 Å². The lowest BCUT2D eigenvalue weighted by molar-refractivity contribution is -0.120. The average Bonchev–Trinajstić information content (AvgIpc) is 3.25. The highest BCUT2D eigenvalue weighted by Gasteiger charge is 2.29. The Morgan fingerprint density at radius 2 is 1.90 bits per heavy atom. The molecule has 2 unspecified atom stereocenters. The second-order valence-corrected chi connectivity index (χ2v) is 5.93. The predicted molar refractivity (Wildman–Crippen MR) is 84.0 cm³/mol. The lowest BCUT2D eigenvalue weighted by Gasteiger charge is -2.17. The summed E-state index contributed by atoms with van der Waals surface area (Å²) in [6.07, 6.45) is 1.93. The van der Waals surface area contributed by atoms with Gasteiger partial charge in [0.05, 0.1) is 5.92 Å². The van der Waals surface area contributed by atoms with Gasteiger partial charge in [-0.2, -0.15) is 0 Å². The van der Waals surface area contributed by atoms with E-state index in [1.165, 1.54) is 0 Å². The zero-order valence-electron chi connectivity index (χ0n) is 12.8. The molecule has 0 spiro atoms. The summed E-state index contributed by atoms with van der Waals surface area (Å²) in [5.41, 5.74) is 8.11. The molecule has 1 saturated carbocycles. The maximum absolute atomic E-state index is 12.1. The summed E-state index contributed by atoms with van der Waals surface area (Å²) < 4.78 is 0. The molecule has 1 aliphatic rings. The number of nitrogens with two attached hydrogens (primary N) is 1. The van der Waals surface area contributed by atoms with Crippen molar-refractivity contribution < 1.29 is 9.59 Å². The van der Waals surface area contributed by atoms with E-state index in [1.54, 1.807) is 13.0 Å². The minimum atomic E-state index is -0.269. The Bertz CT molecular complexity index is 550. The van der Waals surface area contributed by atoms with Crippen molar-refractivity contribution in [3.8, 4) is 0 Å². The molecule has 0 heterocycles. The van der Waals surface area contributed by atoms with Crippen LogP contribution in [0, 0.1) is 18.8 Å². The molecule has 2 amide bonds. The number of anilines is 2. The van der Waals surface area contributed by atoms with Gasteiger partial charge in [0.2, 0.25) is 11.8 Å². The number of benzene rings is 1. The van der Waals surface area contributed by atoms with Gasteiger partial charge in [-0.15, -0.1) is 0 Å². The van der Waals surface area contributed by atoms with E-state index in [-0.39, 0.29) is 29.7 Å². The molecule has 114 valence electrons. The molecular formula is C16H23N3O2. The van der Waals surface area contributed by atoms with Gasteiger partial charge < -0.3 is 16.4 Å². The van der Waals surface area contributed by atoms with E-state index in [1.807, 2.05) is 26.0 Å². The van der Waals surface area contributed by atoms with E-state index in [9.17, 15) is 9.59 Å². The summed E-state index contributed by atoms with van der Waals surface area (Å²) in [4.78, 5) is 23.9. The topological polar surface area (TPSA) is 84.2 Å². The first-order chi connectivity index (χ1) is 9.88. The van der Waals surface area contributed by atoms with Crippen LogP contribution in [0.5, 0.6) is 0 Å². The summed E-state index contributed by atoms with van der Waals surface area (Å²) in [5, 5.41) is 5.76. The van der Waals surface area contributed by atoms with Gasteiger partial charge in [-0.25, -0.2) is 0 Å². The molecule has 1 aromatic rings. The van der Waals surface area contributed by atoms with E-state index >= 15 is 0 Å². The van der Waals surface area contributed by atoms with Gasteiger partial charge >= 0.3 is 0 Å². The number of rotatable bonds is 5. The minimum Gasteiger partial charge on any atom is -0.327 e. The quantitative estimate of drug-likeness (QED) is 0.777. The highest BCUT2D eigenvalue weighted by atomic mass is 16.2. The van der Waals surface area contributed by atoms with Crippen LogP contribution in [0.2, 0.25) is 0 Å². The largest absolute Gasteiger partial charge is 0.327 e. The molecule has 0 bridgehead atoms. The third-order valence-electron chi connectivity index (χ3n) is 3.91. The molecule has 0 saturated heterocycles. The summed E-state index contributed by atoms with van der Waals surface area (Å²) in [6, 6.07) is 5.32. The van der Waals surface area contributed by atoms with Crippen molar-refractivity contribution in [2.24, 2.45) is 17.6 Å². The van der Waals surface area contributed by atoms with Crippen molar-refractivity contribution in [1.82, 2.24) is 0 Å². The molecular weight excluding hydrogens is 266 g/mol. The molecule has 1 aromatic carbocycles. The first-order valence-corrected chi connectivity index (χ1v) is 7.36.